The van der Waals surface area contributed by atoms with Gasteiger partial charge in [0.05, 0.1) is 0 Å². The fourth-order valence-corrected chi connectivity index (χ4v) is 2.78. The minimum Gasteiger partial charge on any atom is -0.409 e. The third kappa shape index (κ3) is 2.39. The first-order valence-electron chi connectivity index (χ1n) is 7.11. The summed E-state index contributed by atoms with van der Waals surface area (Å²) in [5.74, 6) is 0.959. The second-order valence-electron chi connectivity index (χ2n) is 5.53. The molecule has 2 aliphatic rings. The molecule has 0 spiro atoms. The minimum absolute atomic E-state index is 0.0153. The van der Waals surface area contributed by atoms with Crippen LogP contribution in [0, 0.1) is 5.41 Å². The van der Waals surface area contributed by atoms with Crippen molar-refractivity contribution in [2.75, 3.05) is 31.1 Å². The number of amides is 1. The third-order valence-corrected chi connectivity index (χ3v) is 4.30. The van der Waals surface area contributed by atoms with E-state index in [1.54, 1.807) is 6.20 Å². The van der Waals surface area contributed by atoms with Crippen LogP contribution in [0.1, 0.15) is 12.8 Å². The molecule has 0 atom stereocenters. The Hall–Kier alpha value is -2.31. The molecule has 3 rings (SSSR count). The number of amidine groups is 1. The van der Waals surface area contributed by atoms with E-state index in [1.165, 1.54) is 0 Å². The van der Waals surface area contributed by atoms with E-state index in [1.807, 2.05) is 23.1 Å². The highest BCUT2D eigenvalue weighted by Crippen LogP contribution is 2.47. The van der Waals surface area contributed by atoms with Gasteiger partial charge in [-0.15, -0.1) is 0 Å². The van der Waals surface area contributed by atoms with Crippen LogP contribution in [0.2, 0.25) is 0 Å². The molecule has 2 heterocycles. The van der Waals surface area contributed by atoms with E-state index in [-0.39, 0.29) is 11.7 Å². The van der Waals surface area contributed by atoms with Crippen LogP contribution in [0.15, 0.2) is 29.6 Å². The lowest BCUT2D eigenvalue weighted by Gasteiger charge is -2.36. The molecular weight excluding hydrogens is 270 g/mol. The minimum atomic E-state index is -0.748. The predicted octanol–water partition coefficient (Wildman–Crippen LogP) is 0.257. The van der Waals surface area contributed by atoms with E-state index in [2.05, 4.69) is 15.0 Å². The van der Waals surface area contributed by atoms with Crippen molar-refractivity contribution in [3.05, 3.63) is 24.4 Å². The molecule has 21 heavy (non-hydrogen) atoms. The smallest absolute Gasteiger partial charge is 0.236 e. The van der Waals surface area contributed by atoms with Crippen LogP contribution in [0.4, 0.5) is 5.82 Å². The number of hydrogen-bond donors (Lipinski definition) is 2. The molecule has 1 amide bonds. The number of nitrogens with zero attached hydrogens (tertiary/aromatic N) is 4. The molecule has 1 saturated heterocycles. The van der Waals surface area contributed by atoms with Gasteiger partial charge in [0, 0.05) is 32.4 Å². The summed E-state index contributed by atoms with van der Waals surface area (Å²) >= 11 is 0. The van der Waals surface area contributed by atoms with Crippen molar-refractivity contribution in [1.82, 2.24) is 9.88 Å². The number of anilines is 1. The summed E-state index contributed by atoms with van der Waals surface area (Å²) in [6, 6.07) is 5.81. The molecule has 1 saturated carbocycles. The van der Waals surface area contributed by atoms with Crippen LogP contribution in [-0.4, -0.2) is 53.0 Å². The van der Waals surface area contributed by atoms with Crippen molar-refractivity contribution < 1.29 is 10.0 Å². The lowest BCUT2D eigenvalue weighted by molar-refractivity contribution is -0.134. The molecule has 0 aromatic carbocycles. The Morgan fingerprint density at radius 1 is 1.29 bits per heavy atom. The summed E-state index contributed by atoms with van der Waals surface area (Å²) in [6.45, 7) is 2.76. The second-order valence-corrected chi connectivity index (χ2v) is 5.53. The quantitative estimate of drug-likeness (QED) is 0.360. The lowest BCUT2D eigenvalue weighted by Crippen LogP contribution is -2.53. The van der Waals surface area contributed by atoms with Gasteiger partial charge in [0.15, 0.2) is 5.84 Å². The van der Waals surface area contributed by atoms with E-state index in [4.69, 9.17) is 10.9 Å². The van der Waals surface area contributed by atoms with Crippen LogP contribution in [0.25, 0.3) is 0 Å². The van der Waals surface area contributed by atoms with Gasteiger partial charge in [-0.25, -0.2) is 4.98 Å². The van der Waals surface area contributed by atoms with Crippen molar-refractivity contribution in [1.29, 1.82) is 0 Å². The van der Waals surface area contributed by atoms with E-state index in [9.17, 15) is 4.79 Å². The van der Waals surface area contributed by atoms with Gasteiger partial charge in [0.2, 0.25) is 5.91 Å². The van der Waals surface area contributed by atoms with Gasteiger partial charge in [-0.3, -0.25) is 4.79 Å². The van der Waals surface area contributed by atoms with Gasteiger partial charge in [-0.05, 0) is 25.0 Å². The Morgan fingerprint density at radius 2 is 2.00 bits per heavy atom. The Morgan fingerprint density at radius 3 is 2.52 bits per heavy atom. The lowest BCUT2D eigenvalue weighted by atomic mass is 10.0. The van der Waals surface area contributed by atoms with Crippen LogP contribution >= 0.6 is 0 Å². The highest BCUT2D eigenvalue weighted by molar-refractivity contribution is 6.09. The fourth-order valence-electron chi connectivity index (χ4n) is 2.78. The van der Waals surface area contributed by atoms with Crippen LogP contribution in [-0.2, 0) is 4.79 Å². The molecule has 2 fully saturated rings. The first kappa shape index (κ1) is 13.7. The molecule has 112 valence electrons. The summed E-state index contributed by atoms with van der Waals surface area (Å²) < 4.78 is 0. The molecule has 1 aromatic rings. The Bertz CT molecular complexity index is 548. The van der Waals surface area contributed by atoms with Gasteiger partial charge < -0.3 is 20.7 Å². The number of nitrogens with two attached hydrogens (primary N) is 1. The summed E-state index contributed by atoms with van der Waals surface area (Å²) in [6.07, 6.45) is 3.11. The van der Waals surface area contributed by atoms with E-state index >= 15 is 0 Å². The Kier molecular flexibility index (Phi) is 3.40. The van der Waals surface area contributed by atoms with Crippen molar-refractivity contribution in [3.8, 4) is 0 Å². The number of oxime groups is 1. The summed E-state index contributed by atoms with van der Waals surface area (Å²) in [7, 11) is 0. The van der Waals surface area contributed by atoms with Gasteiger partial charge >= 0.3 is 0 Å². The van der Waals surface area contributed by atoms with E-state index in [0.717, 1.165) is 18.9 Å². The zero-order valence-electron chi connectivity index (χ0n) is 11.8. The fraction of sp³-hybridized carbons (Fsp3) is 0.500. The Balaban J connectivity index is 1.63. The Labute approximate surface area is 123 Å². The van der Waals surface area contributed by atoms with Crippen molar-refractivity contribution in [3.63, 3.8) is 0 Å². The number of hydrogen-bond acceptors (Lipinski definition) is 5. The highest BCUT2D eigenvalue weighted by atomic mass is 16.4. The average Bonchev–Trinajstić information content (AvgIpc) is 3.36. The number of aromatic nitrogens is 1. The first-order valence-corrected chi connectivity index (χ1v) is 7.11. The standard InChI is InChI=1S/C14H19N5O2/c15-12(17-21)14(4-5-14)13(20)19-9-7-18(8-10-19)11-3-1-2-6-16-11/h1-3,6,21H,4-5,7-10H2,(H2,15,17). The van der Waals surface area contributed by atoms with Crippen LogP contribution < -0.4 is 10.6 Å². The molecule has 1 aliphatic heterocycles. The maximum Gasteiger partial charge on any atom is 0.236 e. The maximum atomic E-state index is 12.5. The molecule has 0 radical (unpaired) electrons. The molecule has 0 unspecified atom stereocenters. The maximum absolute atomic E-state index is 12.5. The highest BCUT2D eigenvalue weighted by Gasteiger charge is 2.56. The number of rotatable bonds is 3. The van der Waals surface area contributed by atoms with E-state index < -0.39 is 5.41 Å². The zero-order valence-corrected chi connectivity index (χ0v) is 11.8. The van der Waals surface area contributed by atoms with Crippen LogP contribution in [0.3, 0.4) is 0 Å². The number of carbonyl (C=O) groups is 1. The third-order valence-electron chi connectivity index (χ3n) is 4.30. The average molecular weight is 289 g/mol. The molecule has 7 nitrogen and oxygen atoms in total. The largest absolute Gasteiger partial charge is 0.409 e. The molecule has 0 bridgehead atoms. The molecule has 7 heteroatoms. The summed E-state index contributed by atoms with van der Waals surface area (Å²) in [4.78, 5) is 20.8. The van der Waals surface area contributed by atoms with Crippen molar-refractivity contribution >= 4 is 17.6 Å². The van der Waals surface area contributed by atoms with E-state index in [0.29, 0.717) is 25.9 Å². The molecular formula is C14H19N5O2. The zero-order chi connectivity index (χ0) is 14.9. The summed E-state index contributed by atoms with van der Waals surface area (Å²) in [5.41, 5.74) is 4.92. The normalized spacial score (nSPS) is 21.2. The number of carbonyl (C=O) groups excluding carboxylic acids is 1. The second kappa shape index (κ2) is 5.23. The van der Waals surface area contributed by atoms with Gasteiger partial charge in [0.25, 0.3) is 0 Å². The van der Waals surface area contributed by atoms with Gasteiger partial charge in [0.1, 0.15) is 11.2 Å². The molecule has 3 N–H and O–H groups in total. The predicted molar refractivity (Wildman–Crippen MR) is 78.1 cm³/mol. The molecule has 1 aromatic heterocycles. The SMILES string of the molecule is N/C(=N/O)C1(C(=O)N2CCN(c3ccccn3)CC2)CC1. The van der Waals surface area contributed by atoms with Crippen molar-refractivity contribution in [2.24, 2.45) is 16.3 Å². The van der Waals surface area contributed by atoms with Gasteiger partial charge in [-0.1, -0.05) is 11.2 Å². The van der Waals surface area contributed by atoms with Gasteiger partial charge in [-0.2, -0.15) is 0 Å². The first-order chi connectivity index (χ1) is 10.2. The number of pyridine rings is 1. The van der Waals surface area contributed by atoms with Crippen LogP contribution in [0.5, 0.6) is 0 Å². The topological polar surface area (TPSA) is 95.0 Å². The number of piperazine rings is 1. The molecule has 1 aliphatic carbocycles. The summed E-state index contributed by atoms with van der Waals surface area (Å²) in [5, 5.41) is 11.9. The monoisotopic (exact) mass is 289 g/mol. The van der Waals surface area contributed by atoms with Crippen molar-refractivity contribution in [2.45, 2.75) is 12.8 Å².